The SMILES string of the molecule is CCN1C(=O)c2ccccc2Oc2cc(S(N)(=O)=O)ccc21. The number of carbonyl (C=O) groups excluding carboxylic acids is 1. The minimum absolute atomic E-state index is 0.0610. The second-order valence-electron chi connectivity index (χ2n) is 4.82. The van der Waals surface area contributed by atoms with Gasteiger partial charge in [-0.2, -0.15) is 0 Å². The van der Waals surface area contributed by atoms with Crippen molar-refractivity contribution in [2.45, 2.75) is 11.8 Å². The lowest BCUT2D eigenvalue weighted by atomic mass is 10.1. The van der Waals surface area contributed by atoms with E-state index < -0.39 is 10.0 Å². The maximum absolute atomic E-state index is 12.6. The lowest BCUT2D eigenvalue weighted by molar-refractivity contribution is 0.0988. The van der Waals surface area contributed by atoms with Gasteiger partial charge in [0.1, 0.15) is 5.75 Å². The highest BCUT2D eigenvalue weighted by molar-refractivity contribution is 7.89. The van der Waals surface area contributed by atoms with E-state index in [9.17, 15) is 13.2 Å². The fourth-order valence-corrected chi connectivity index (χ4v) is 2.92. The Morgan fingerprint density at radius 2 is 1.86 bits per heavy atom. The van der Waals surface area contributed by atoms with Gasteiger partial charge < -0.3 is 9.64 Å². The van der Waals surface area contributed by atoms with Crippen molar-refractivity contribution in [3.8, 4) is 11.5 Å². The number of hydrogen-bond acceptors (Lipinski definition) is 4. The van der Waals surface area contributed by atoms with E-state index in [1.165, 1.54) is 23.1 Å². The minimum atomic E-state index is -3.85. The van der Waals surface area contributed by atoms with Crippen molar-refractivity contribution in [2.24, 2.45) is 5.14 Å². The molecule has 0 unspecified atom stereocenters. The molecule has 7 heteroatoms. The summed E-state index contributed by atoms with van der Waals surface area (Å²) in [7, 11) is -3.85. The Labute approximate surface area is 128 Å². The number of nitrogens with zero attached hydrogens (tertiary/aromatic N) is 1. The molecule has 2 aromatic rings. The van der Waals surface area contributed by atoms with Crippen molar-refractivity contribution < 1.29 is 17.9 Å². The standard InChI is InChI=1S/C15H14N2O4S/c1-2-17-12-8-7-10(22(16,19)20)9-14(12)21-13-6-4-3-5-11(13)15(17)18/h3-9H,2H2,1H3,(H2,16,19,20). The first-order valence-electron chi connectivity index (χ1n) is 6.67. The highest BCUT2D eigenvalue weighted by atomic mass is 32.2. The van der Waals surface area contributed by atoms with Crippen molar-refractivity contribution in [3.63, 3.8) is 0 Å². The van der Waals surface area contributed by atoms with Gasteiger partial charge in [0.2, 0.25) is 10.0 Å². The summed E-state index contributed by atoms with van der Waals surface area (Å²) in [6.07, 6.45) is 0. The lowest BCUT2D eigenvalue weighted by Crippen LogP contribution is -2.29. The van der Waals surface area contributed by atoms with E-state index in [2.05, 4.69) is 0 Å². The van der Waals surface area contributed by atoms with Crippen LogP contribution in [0.3, 0.4) is 0 Å². The van der Waals surface area contributed by atoms with E-state index in [-0.39, 0.29) is 16.6 Å². The van der Waals surface area contributed by atoms with Crippen LogP contribution in [0.5, 0.6) is 11.5 Å². The average Bonchev–Trinajstić information content (AvgIpc) is 2.59. The molecular weight excluding hydrogens is 304 g/mol. The van der Waals surface area contributed by atoms with Gasteiger partial charge in [0.15, 0.2) is 5.75 Å². The maximum Gasteiger partial charge on any atom is 0.262 e. The summed E-state index contributed by atoms with van der Waals surface area (Å²) in [4.78, 5) is 14.1. The number of ether oxygens (including phenoxy) is 1. The first-order valence-corrected chi connectivity index (χ1v) is 8.22. The van der Waals surface area contributed by atoms with Gasteiger partial charge in [-0.1, -0.05) is 12.1 Å². The van der Waals surface area contributed by atoms with Gasteiger partial charge in [0.25, 0.3) is 5.91 Å². The highest BCUT2D eigenvalue weighted by Gasteiger charge is 2.27. The monoisotopic (exact) mass is 318 g/mol. The van der Waals surface area contributed by atoms with Crippen LogP contribution in [0.15, 0.2) is 47.4 Å². The molecule has 0 radical (unpaired) electrons. The number of carbonyl (C=O) groups is 1. The molecule has 1 aliphatic heterocycles. The molecule has 0 spiro atoms. The number of nitrogens with two attached hydrogens (primary N) is 1. The third-order valence-electron chi connectivity index (χ3n) is 3.45. The maximum atomic E-state index is 12.6. The van der Waals surface area contributed by atoms with E-state index in [1.807, 2.05) is 6.92 Å². The summed E-state index contributed by atoms with van der Waals surface area (Å²) in [5.41, 5.74) is 0.939. The topological polar surface area (TPSA) is 89.7 Å². The molecule has 6 nitrogen and oxygen atoms in total. The molecule has 0 atom stereocenters. The first kappa shape index (κ1) is 14.6. The fraction of sp³-hybridized carbons (Fsp3) is 0.133. The molecule has 0 bridgehead atoms. The number of benzene rings is 2. The number of hydrogen-bond donors (Lipinski definition) is 1. The third kappa shape index (κ3) is 2.34. The van der Waals surface area contributed by atoms with E-state index in [4.69, 9.17) is 9.88 Å². The summed E-state index contributed by atoms with van der Waals surface area (Å²) in [6, 6.07) is 11.1. The van der Waals surface area contributed by atoms with Crippen molar-refractivity contribution in [1.29, 1.82) is 0 Å². The number of para-hydroxylation sites is 1. The zero-order valence-electron chi connectivity index (χ0n) is 11.8. The van der Waals surface area contributed by atoms with Crippen molar-refractivity contribution in [1.82, 2.24) is 0 Å². The zero-order chi connectivity index (χ0) is 15.9. The Morgan fingerprint density at radius 3 is 2.55 bits per heavy atom. The summed E-state index contributed by atoms with van der Waals surface area (Å²) >= 11 is 0. The second kappa shape index (κ2) is 5.11. The smallest absolute Gasteiger partial charge is 0.262 e. The molecule has 1 heterocycles. The predicted molar refractivity (Wildman–Crippen MR) is 81.7 cm³/mol. The van der Waals surface area contributed by atoms with E-state index in [0.717, 1.165) is 0 Å². The molecule has 3 rings (SSSR count). The molecule has 1 aliphatic rings. The summed E-state index contributed by atoms with van der Waals surface area (Å²) in [5, 5.41) is 5.15. The average molecular weight is 318 g/mol. The zero-order valence-corrected chi connectivity index (χ0v) is 12.6. The number of anilines is 1. The van der Waals surface area contributed by atoms with E-state index >= 15 is 0 Å². The molecular formula is C15H14N2O4S. The number of fused-ring (bicyclic) bond motifs is 2. The Bertz CT molecular complexity index is 862. The predicted octanol–water partition coefficient (Wildman–Crippen LogP) is 2.11. The van der Waals surface area contributed by atoms with Crippen LogP contribution in [0.25, 0.3) is 0 Å². The van der Waals surface area contributed by atoms with Gasteiger partial charge in [0, 0.05) is 12.6 Å². The largest absolute Gasteiger partial charge is 0.454 e. The Balaban J connectivity index is 2.24. The van der Waals surface area contributed by atoms with E-state index in [0.29, 0.717) is 23.5 Å². The van der Waals surface area contributed by atoms with Crippen molar-refractivity contribution in [2.75, 3.05) is 11.4 Å². The molecule has 22 heavy (non-hydrogen) atoms. The summed E-state index contributed by atoms with van der Waals surface area (Å²) < 4.78 is 28.8. The van der Waals surface area contributed by atoms with Gasteiger partial charge >= 0.3 is 0 Å². The quantitative estimate of drug-likeness (QED) is 0.918. The van der Waals surface area contributed by atoms with Crippen LogP contribution in [0, 0.1) is 0 Å². The first-order chi connectivity index (χ1) is 10.4. The van der Waals surface area contributed by atoms with Crippen LogP contribution in [0.1, 0.15) is 17.3 Å². The number of sulfonamides is 1. The minimum Gasteiger partial charge on any atom is -0.454 e. The summed E-state index contributed by atoms with van der Waals surface area (Å²) in [5.74, 6) is 0.475. The van der Waals surface area contributed by atoms with Crippen molar-refractivity contribution >= 4 is 21.6 Å². The molecule has 0 fully saturated rings. The molecule has 0 saturated heterocycles. The number of rotatable bonds is 2. The number of amides is 1. The van der Waals surface area contributed by atoms with Gasteiger partial charge in [-0.3, -0.25) is 4.79 Å². The Hall–Kier alpha value is -2.38. The van der Waals surface area contributed by atoms with Crippen LogP contribution in [-0.2, 0) is 10.0 Å². The van der Waals surface area contributed by atoms with Gasteiger partial charge in [-0.25, -0.2) is 13.6 Å². The molecule has 0 aromatic heterocycles. The Kier molecular flexibility index (Phi) is 3.38. The highest BCUT2D eigenvalue weighted by Crippen LogP contribution is 2.39. The fourth-order valence-electron chi connectivity index (χ4n) is 2.40. The van der Waals surface area contributed by atoms with Crippen molar-refractivity contribution in [3.05, 3.63) is 48.0 Å². The molecule has 2 N–H and O–H groups in total. The molecule has 0 saturated carbocycles. The number of primary sulfonamides is 1. The van der Waals surface area contributed by atoms with E-state index in [1.54, 1.807) is 24.3 Å². The van der Waals surface area contributed by atoms with Gasteiger partial charge in [0.05, 0.1) is 16.1 Å². The normalized spacial score (nSPS) is 13.9. The van der Waals surface area contributed by atoms with Crippen LogP contribution in [0.2, 0.25) is 0 Å². The lowest BCUT2D eigenvalue weighted by Gasteiger charge is -2.20. The molecule has 0 aliphatic carbocycles. The molecule has 2 aromatic carbocycles. The van der Waals surface area contributed by atoms with Crippen LogP contribution in [0.4, 0.5) is 5.69 Å². The Morgan fingerprint density at radius 1 is 1.14 bits per heavy atom. The molecule has 114 valence electrons. The van der Waals surface area contributed by atoms with Crippen LogP contribution >= 0.6 is 0 Å². The van der Waals surface area contributed by atoms with Crippen LogP contribution < -0.4 is 14.8 Å². The van der Waals surface area contributed by atoms with Crippen LogP contribution in [-0.4, -0.2) is 20.9 Å². The summed E-state index contributed by atoms with van der Waals surface area (Å²) in [6.45, 7) is 2.27. The van der Waals surface area contributed by atoms with Gasteiger partial charge in [-0.05, 0) is 31.2 Å². The van der Waals surface area contributed by atoms with Gasteiger partial charge in [-0.15, -0.1) is 0 Å². The molecule has 1 amide bonds. The second-order valence-corrected chi connectivity index (χ2v) is 6.38. The third-order valence-corrected chi connectivity index (χ3v) is 4.36.